The van der Waals surface area contributed by atoms with Crippen LogP contribution in [0.5, 0.6) is 0 Å². The van der Waals surface area contributed by atoms with E-state index in [1.807, 2.05) is 0 Å². The van der Waals surface area contributed by atoms with Crippen molar-refractivity contribution >= 4 is 30.5 Å². The van der Waals surface area contributed by atoms with Gasteiger partial charge in [-0.05, 0) is 28.0 Å². The zero-order valence-corrected chi connectivity index (χ0v) is 7.15. The van der Waals surface area contributed by atoms with Crippen molar-refractivity contribution in [2.45, 2.75) is 11.7 Å². The highest BCUT2D eigenvalue weighted by Crippen LogP contribution is 2.33. The zero-order valence-electron chi connectivity index (χ0n) is 4.70. The summed E-state index contributed by atoms with van der Waals surface area (Å²) >= 11 is 0. The molecule has 1 aliphatic heterocycles. The summed E-state index contributed by atoms with van der Waals surface area (Å²) in [6.45, 7) is 0. The Balaban J connectivity index is 2.43. The molecule has 0 amide bonds. The van der Waals surface area contributed by atoms with Crippen LogP contribution in [0.25, 0.3) is 0 Å². The summed E-state index contributed by atoms with van der Waals surface area (Å²) in [5, 5.41) is 0.187. The summed E-state index contributed by atoms with van der Waals surface area (Å²) in [7, 11) is 2.08. The molecule has 1 nitrogen and oxygen atoms in total. The summed E-state index contributed by atoms with van der Waals surface area (Å²) in [4.78, 5) is 0. The molecule has 0 aromatic rings. The third-order valence-corrected chi connectivity index (χ3v) is 6.12. The summed E-state index contributed by atoms with van der Waals surface area (Å²) in [6, 6.07) is 0. The molecule has 0 aromatic heterocycles. The minimum Gasteiger partial charge on any atom is -0.236 e. The van der Waals surface area contributed by atoms with Gasteiger partial charge in [0.15, 0.2) is 0 Å². The Morgan fingerprint density at radius 1 is 1.78 bits per heavy atom. The van der Waals surface area contributed by atoms with Gasteiger partial charge in [-0.2, -0.15) is 0 Å². The molecule has 0 saturated carbocycles. The molecule has 2 unspecified atom stereocenters. The van der Waals surface area contributed by atoms with Gasteiger partial charge >= 0.3 is 0 Å². The molecule has 1 heterocycles. The van der Waals surface area contributed by atoms with E-state index in [0.717, 1.165) is 12.2 Å². The van der Waals surface area contributed by atoms with Gasteiger partial charge < -0.3 is 0 Å². The van der Waals surface area contributed by atoms with Crippen LogP contribution in [0.4, 0.5) is 0 Å². The van der Waals surface area contributed by atoms with Crippen molar-refractivity contribution in [1.82, 2.24) is 0 Å². The number of hydrogen-bond acceptors (Lipinski definition) is 3. The highest BCUT2D eigenvalue weighted by atomic mass is 33.5. The molecule has 1 fully saturated rings. The number of rotatable bonds is 0. The van der Waals surface area contributed by atoms with Crippen LogP contribution >= 0.6 is 21.6 Å². The van der Waals surface area contributed by atoms with E-state index in [1.165, 1.54) is 21.6 Å². The smallest absolute Gasteiger partial charge is 0.142 e. The maximum absolute atomic E-state index is 10.8. The normalized spacial score (nSPS) is 35.4. The predicted molar refractivity (Wildman–Crippen MR) is 45.4 cm³/mol. The molecule has 0 N–H and O–H groups in total. The Kier molecular flexibility index (Phi) is 2.96. The van der Waals surface area contributed by atoms with Crippen molar-refractivity contribution in [3.8, 4) is 12.3 Å². The molecule has 2 atom stereocenters. The molecule has 0 aliphatic carbocycles. The van der Waals surface area contributed by atoms with Crippen molar-refractivity contribution in [3.63, 3.8) is 0 Å². The van der Waals surface area contributed by atoms with E-state index in [2.05, 4.69) is 5.92 Å². The Labute approximate surface area is 64.6 Å². The first-order valence-electron chi connectivity index (χ1n) is 2.51. The molecular weight excluding hydrogens is 172 g/mol. The second-order valence-corrected chi connectivity index (χ2v) is 7.11. The standard InChI is InChI=1S/C5H6OS3/c1-2-5-3-4-7-9(6)8-5/h1,5H,3-4H2. The largest absolute Gasteiger partial charge is 0.236 e. The molecule has 50 valence electrons. The highest BCUT2D eigenvalue weighted by molar-refractivity contribution is 9.02. The highest BCUT2D eigenvalue weighted by Gasteiger charge is 2.17. The van der Waals surface area contributed by atoms with Crippen LogP contribution in [0, 0.1) is 12.3 Å². The molecule has 0 bridgehead atoms. The predicted octanol–water partition coefficient (Wildman–Crippen LogP) is 1.44. The minimum atomic E-state index is -0.779. The van der Waals surface area contributed by atoms with E-state index in [0.29, 0.717) is 0 Å². The number of terminal acetylenes is 1. The number of hydrogen-bond donors (Lipinski definition) is 0. The Bertz CT molecular complexity index is 160. The first kappa shape index (κ1) is 7.52. The topological polar surface area (TPSA) is 17.1 Å². The van der Waals surface area contributed by atoms with Gasteiger partial charge in [-0.3, -0.25) is 0 Å². The van der Waals surface area contributed by atoms with E-state index in [1.54, 1.807) is 0 Å². The Morgan fingerprint density at radius 3 is 3.00 bits per heavy atom. The van der Waals surface area contributed by atoms with Crippen LogP contribution in [0.15, 0.2) is 0 Å². The fourth-order valence-electron chi connectivity index (χ4n) is 0.505. The first-order valence-corrected chi connectivity index (χ1v) is 6.56. The van der Waals surface area contributed by atoms with Crippen LogP contribution in [-0.2, 0) is 8.86 Å². The molecule has 1 rings (SSSR count). The average molecular weight is 178 g/mol. The summed E-state index contributed by atoms with van der Waals surface area (Å²) in [5.41, 5.74) is 0. The van der Waals surface area contributed by atoms with Crippen LogP contribution < -0.4 is 0 Å². The maximum Gasteiger partial charge on any atom is 0.142 e. The molecule has 0 aromatic carbocycles. The molecule has 4 heteroatoms. The van der Waals surface area contributed by atoms with Gasteiger partial charge in [-0.15, -0.1) is 6.42 Å². The van der Waals surface area contributed by atoms with Crippen molar-refractivity contribution in [2.75, 3.05) is 5.75 Å². The molecule has 1 aliphatic rings. The van der Waals surface area contributed by atoms with Crippen LogP contribution in [0.3, 0.4) is 0 Å². The summed E-state index contributed by atoms with van der Waals surface area (Å²) < 4.78 is 10.8. The lowest BCUT2D eigenvalue weighted by Gasteiger charge is -2.13. The minimum absolute atomic E-state index is 0.187. The SMILES string of the molecule is C#CC1CCSS(=O)S1. The van der Waals surface area contributed by atoms with Crippen LogP contribution in [0.2, 0.25) is 0 Å². The lowest BCUT2D eigenvalue weighted by atomic mass is 10.3. The molecule has 1 saturated heterocycles. The summed E-state index contributed by atoms with van der Waals surface area (Å²) in [5.74, 6) is 3.53. The lowest BCUT2D eigenvalue weighted by molar-refractivity contribution is 0.698. The van der Waals surface area contributed by atoms with E-state index < -0.39 is 8.86 Å². The molecular formula is C5H6OS3. The van der Waals surface area contributed by atoms with Gasteiger partial charge in [-0.1, -0.05) is 5.92 Å². The van der Waals surface area contributed by atoms with Crippen molar-refractivity contribution in [2.24, 2.45) is 0 Å². The zero-order chi connectivity index (χ0) is 6.69. The Hall–Kier alpha value is 0.410. The fourth-order valence-corrected chi connectivity index (χ4v) is 5.49. The van der Waals surface area contributed by atoms with Crippen molar-refractivity contribution in [3.05, 3.63) is 0 Å². The van der Waals surface area contributed by atoms with Crippen LogP contribution in [-0.4, -0.2) is 15.2 Å². The second-order valence-electron chi connectivity index (χ2n) is 1.57. The summed E-state index contributed by atoms with van der Waals surface area (Å²) in [6.07, 6.45) is 6.15. The van der Waals surface area contributed by atoms with E-state index >= 15 is 0 Å². The second kappa shape index (κ2) is 3.55. The van der Waals surface area contributed by atoms with E-state index in [9.17, 15) is 4.21 Å². The fraction of sp³-hybridized carbons (Fsp3) is 0.600. The lowest BCUT2D eigenvalue weighted by Crippen LogP contribution is -2.06. The third-order valence-electron chi connectivity index (χ3n) is 0.940. The van der Waals surface area contributed by atoms with Gasteiger partial charge in [0, 0.05) is 5.75 Å². The quantitative estimate of drug-likeness (QED) is 0.413. The van der Waals surface area contributed by atoms with Gasteiger partial charge in [0.05, 0.1) is 5.25 Å². The molecule has 0 radical (unpaired) electrons. The third kappa shape index (κ3) is 2.24. The van der Waals surface area contributed by atoms with Gasteiger partial charge in [0.2, 0.25) is 0 Å². The van der Waals surface area contributed by atoms with Gasteiger partial charge in [0.25, 0.3) is 0 Å². The maximum atomic E-state index is 10.8. The van der Waals surface area contributed by atoms with Gasteiger partial charge in [-0.25, -0.2) is 4.21 Å². The van der Waals surface area contributed by atoms with Gasteiger partial charge in [0.1, 0.15) is 8.86 Å². The molecule has 0 spiro atoms. The average Bonchev–Trinajstić information content (AvgIpc) is 1.88. The van der Waals surface area contributed by atoms with Crippen molar-refractivity contribution < 1.29 is 4.21 Å². The van der Waals surface area contributed by atoms with Crippen LogP contribution in [0.1, 0.15) is 6.42 Å². The first-order chi connectivity index (χ1) is 4.33. The monoisotopic (exact) mass is 178 g/mol. The van der Waals surface area contributed by atoms with Crippen molar-refractivity contribution in [1.29, 1.82) is 0 Å². The van der Waals surface area contributed by atoms with E-state index in [-0.39, 0.29) is 5.25 Å². The molecule has 9 heavy (non-hydrogen) atoms. The van der Waals surface area contributed by atoms with E-state index in [4.69, 9.17) is 6.42 Å². The Morgan fingerprint density at radius 2 is 2.56 bits per heavy atom.